The number of rotatable bonds is 15. The molecule has 0 spiro atoms. The lowest BCUT2D eigenvalue weighted by Crippen LogP contribution is -2.99. The molecule has 7 N–H and O–H groups in total. The second-order valence-corrected chi connectivity index (χ2v) is 9.04. The molecule has 0 bridgehead atoms. The number of H-pyrrole nitrogens is 1. The highest BCUT2D eigenvalue weighted by Gasteiger charge is 2.29. The molecule has 1 aromatic heterocycles. The number of hydrogen-bond donors (Lipinski definition) is 4. The van der Waals surface area contributed by atoms with Crippen molar-refractivity contribution < 1.29 is 35.6 Å². The van der Waals surface area contributed by atoms with E-state index in [9.17, 15) is 24.6 Å². The molecular formula is C27H34N4O5. The van der Waals surface area contributed by atoms with Crippen molar-refractivity contribution >= 4 is 28.7 Å². The van der Waals surface area contributed by atoms with Crippen molar-refractivity contribution in [1.29, 1.82) is 0 Å². The molecule has 3 rings (SSSR count). The molecule has 1 heterocycles. The van der Waals surface area contributed by atoms with Crippen LogP contribution in [0.3, 0.4) is 0 Å². The Morgan fingerprint density at radius 3 is 2.33 bits per heavy atom. The summed E-state index contributed by atoms with van der Waals surface area (Å²) in [5.41, 5.74) is 6.42. The van der Waals surface area contributed by atoms with Crippen LogP contribution in [-0.2, 0) is 27.2 Å². The van der Waals surface area contributed by atoms with Crippen LogP contribution in [0, 0.1) is 0 Å². The van der Waals surface area contributed by atoms with Crippen molar-refractivity contribution in [2.24, 2.45) is 0 Å². The summed E-state index contributed by atoms with van der Waals surface area (Å²) >= 11 is 0. The van der Waals surface area contributed by atoms with Crippen molar-refractivity contribution in [3.8, 4) is 0 Å². The van der Waals surface area contributed by atoms with Gasteiger partial charge in [0.05, 0.1) is 24.5 Å². The van der Waals surface area contributed by atoms with Gasteiger partial charge in [0, 0.05) is 36.4 Å². The number of benzene rings is 2. The molecule has 0 saturated heterocycles. The predicted octanol–water partition coefficient (Wildman–Crippen LogP) is -1.96. The first kappa shape index (κ1) is 26.9. The van der Waals surface area contributed by atoms with E-state index in [1.807, 2.05) is 54.6 Å². The smallest absolute Gasteiger partial charge is 0.278 e. The molecule has 2 aromatic carbocycles. The minimum absolute atomic E-state index is 0.0433. The van der Waals surface area contributed by atoms with Gasteiger partial charge >= 0.3 is 0 Å². The van der Waals surface area contributed by atoms with Gasteiger partial charge in [-0.3, -0.25) is 4.79 Å². The Balaban J connectivity index is 1.71. The van der Waals surface area contributed by atoms with Crippen LogP contribution in [-0.4, -0.2) is 47.5 Å². The van der Waals surface area contributed by atoms with Gasteiger partial charge in [0.2, 0.25) is 0 Å². The molecule has 36 heavy (non-hydrogen) atoms. The van der Waals surface area contributed by atoms with Gasteiger partial charge in [-0.25, -0.2) is 0 Å². The van der Waals surface area contributed by atoms with Crippen molar-refractivity contribution in [2.45, 2.75) is 56.7 Å². The van der Waals surface area contributed by atoms with E-state index in [-0.39, 0.29) is 12.8 Å². The van der Waals surface area contributed by atoms with Crippen LogP contribution in [0.25, 0.3) is 10.9 Å². The SMILES string of the molecule is [NH3+]CCCC[C@H]([NH2+][C@@H](CCc1ccccc1)C(=O)[O-])C(=O)N[C@@H](Cc1c[nH]c2ccccc12)C(=O)[O-]. The average Bonchev–Trinajstić information content (AvgIpc) is 3.28. The number of aliphatic carboxylic acids is 2. The second kappa shape index (κ2) is 13.4. The van der Waals surface area contributed by atoms with Crippen LogP contribution in [0.1, 0.15) is 36.8 Å². The Kier molecular flexibility index (Phi) is 10.0. The first-order chi connectivity index (χ1) is 17.4. The fraction of sp³-hybridized carbons (Fsp3) is 0.370. The minimum Gasteiger partial charge on any atom is -0.548 e. The van der Waals surface area contributed by atoms with Gasteiger partial charge in [-0.1, -0.05) is 48.5 Å². The van der Waals surface area contributed by atoms with Gasteiger partial charge < -0.3 is 41.2 Å². The molecule has 192 valence electrons. The van der Waals surface area contributed by atoms with Crippen LogP contribution in [0.5, 0.6) is 0 Å². The van der Waals surface area contributed by atoms with Gasteiger partial charge in [-0.15, -0.1) is 0 Å². The zero-order valence-corrected chi connectivity index (χ0v) is 20.3. The highest BCUT2D eigenvalue weighted by atomic mass is 16.4. The maximum Gasteiger partial charge on any atom is 0.278 e. The largest absolute Gasteiger partial charge is 0.548 e. The standard InChI is InChI=1S/C27H34N4O5/c28-15-7-6-12-22(30-23(26(33)34)14-13-18-8-2-1-3-9-18)25(32)31-24(27(35)36)16-19-17-29-21-11-5-4-10-20(19)21/h1-5,8-11,17,22-24,29-30H,6-7,12-16,28H2,(H,31,32)(H,33,34)(H,35,36)/t22-,23-,24-/m0/s1. The van der Waals surface area contributed by atoms with E-state index in [1.54, 1.807) is 6.20 Å². The molecule has 9 heteroatoms. The van der Waals surface area contributed by atoms with E-state index in [4.69, 9.17) is 0 Å². The fourth-order valence-electron chi connectivity index (χ4n) is 4.39. The molecule has 0 aliphatic rings. The molecule has 0 fully saturated rings. The third-order valence-corrected chi connectivity index (χ3v) is 6.41. The fourth-order valence-corrected chi connectivity index (χ4v) is 4.39. The van der Waals surface area contributed by atoms with Gasteiger partial charge in [0.25, 0.3) is 5.91 Å². The van der Waals surface area contributed by atoms with E-state index >= 15 is 0 Å². The number of aromatic nitrogens is 1. The average molecular weight is 495 g/mol. The number of fused-ring (bicyclic) bond motifs is 1. The van der Waals surface area contributed by atoms with E-state index in [0.717, 1.165) is 28.5 Å². The minimum atomic E-state index is -1.40. The van der Waals surface area contributed by atoms with E-state index in [0.29, 0.717) is 25.8 Å². The number of carboxylic acids is 2. The first-order valence-electron chi connectivity index (χ1n) is 12.3. The number of hydrogen-bond acceptors (Lipinski definition) is 5. The van der Waals surface area contributed by atoms with Gasteiger partial charge in [0.1, 0.15) is 6.04 Å². The summed E-state index contributed by atoms with van der Waals surface area (Å²) in [5.74, 6) is -3.18. The molecule has 0 aliphatic heterocycles. The lowest BCUT2D eigenvalue weighted by atomic mass is 10.0. The summed E-state index contributed by atoms with van der Waals surface area (Å²) in [6.07, 6.45) is 4.40. The summed E-state index contributed by atoms with van der Waals surface area (Å²) in [4.78, 5) is 40.1. The number of unbranched alkanes of at least 4 members (excludes halogenated alkanes) is 1. The number of para-hydroxylation sites is 1. The zero-order valence-electron chi connectivity index (χ0n) is 20.3. The summed E-state index contributed by atoms with van der Waals surface area (Å²) in [7, 11) is 0. The summed E-state index contributed by atoms with van der Waals surface area (Å²) in [6, 6.07) is 14.0. The Hall–Kier alpha value is -3.69. The van der Waals surface area contributed by atoms with Crippen molar-refractivity contribution in [3.63, 3.8) is 0 Å². The van der Waals surface area contributed by atoms with Crippen LogP contribution >= 0.6 is 0 Å². The van der Waals surface area contributed by atoms with Crippen LogP contribution in [0.4, 0.5) is 0 Å². The van der Waals surface area contributed by atoms with E-state index < -0.39 is 36.0 Å². The number of carbonyl (C=O) groups is 3. The Morgan fingerprint density at radius 2 is 1.64 bits per heavy atom. The first-order valence-corrected chi connectivity index (χ1v) is 12.3. The summed E-state index contributed by atoms with van der Waals surface area (Å²) in [6.45, 7) is 0.689. The number of aromatic amines is 1. The lowest BCUT2D eigenvalue weighted by Gasteiger charge is -2.26. The molecule has 0 radical (unpaired) electrons. The number of aryl methyl sites for hydroxylation is 1. The molecular weight excluding hydrogens is 460 g/mol. The van der Waals surface area contributed by atoms with E-state index in [1.165, 1.54) is 5.32 Å². The third kappa shape index (κ3) is 7.66. The van der Waals surface area contributed by atoms with Crippen LogP contribution < -0.4 is 26.6 Å². The monoisotopic (exact) mass is 494 g/mol. The zero-order chi connectivity index (χ0) is 25.9. The van der Waals surface area contributed by atoms with Gasteiger partial charge in [-0.05, 0) is 36.5 Å². The molecule has 0 unspecified atom stereocenters. The van der Waals surface area contributed by atoms with Gasteiger partial charge in [-0.2, -0.15) is 0 Å². The number of nitrogens with one attached hydrogen (secondary N) is 2. The second-order valence-electron chi connectivity index (χ2n) is 9.04. The van der Waals surface area contributed by atoms with Crippen molar-refractivity contribution in [2.75, 3.05) is 6.54 Å². The highest BCUT2D eigenvalue weighted by molar-refractivity contribution is 5.87. The molecule has 1 amide bonds. The quantitative estimate of drug-likeness (QED) is 0.180. The normalized spacial score (nSPS) is 13.7. The summed E-state index contributed by atoms with van der Waals surface area (Å²) in [5, 5.41) is 28.7. The van der Waals surface area contributed by atoms with Crippen molar-refractivity contribution in [3.05, 3.63) is 71.9 Å². The van der Waals surface area contributed by atoms with Crippen molar-refractivity contribution in [1.82, 2.24) is 10.3 Å². The Labute approximate surface area is 210 Å². The highest BCUT2D eigenvalue weighted by Crippen LogP contribution is 2.19. The van der Waals surface area contributed by atoms with Gasteiger partial charge in [0.15, 0.2) is 6.04 Å². The molecule has 0 saturated carbocycles. The predicted molar refractivity (Wildman–Crippen MR) is 130 cm³/mol. The van der Waals surface area contributed by atoms with Crippen LogP contribution in [0.15, 0.2) is 60.8 Å². The lowest BCUT2D eigenvalue weighted by molar-refractivity contribution is -0.704. The molecule has 3 aromatic rings. The Bertz CT molecular complexity index is 1150. The van der Waals surface area contributed by atoms with E-state index in [2.05, 4.69) is 16.0 Å². The van der Waals surface area contributed by atoms with Crippen LogP contribution in [0.2, 0.25) is 0 Å². The number of carbonyl (C=O) groups excluding carboxylic acids is 3. The maximum absolute atomic E-state index is 13.2. The molecule has 3 atom stereocenters. The topological polar surface area (TPSA) is 169 Å². The molecule has 9 nitrogen and oxygen atoms in total. The summed E-state index contributed by atoms with van der Waals surface area (Å²) < 4.78 is 0. The molecule has 0 aliphatic carbocycles. The third-order valence-electron chi connectivity index (χ3n) is 6.41. The number of quaternary nitrogens is 2. The number of amides is 1. The Morgan fingerprint density at radius 1 is 0.917 bits per heavy atom. The maximum atomic E-state index is 13.2. The number of carboxylic acid groups (broad SMARTS) is 2. The number of nitrogens with two attached hydrogens (primary N) is 1.